The number of aryl methyl sites for hydroxylation is 1. The first-order chi connectivity index (χ1) is 9.97. The Morgan fingerprint density at radius 1 is 1.48 bits per heavy atom. The number of carbonyl (C=O) groups excluding carboxylic acids is 1. The van der Waals surface area contributed by atoms with Crippen LogP contribution in [0.4, 0.5) is 8.78 Å². The van der Waals surface area contributed by atoms with Crippen LogP contribution in [0.1, 0.15) is 47.9 Å². The molecule has 0 aromatic carbocycles. The Kier molecular flexibility index (Phi) is 3.39. The first-order valence-electron chi connectivity index (χ1n) is 7.05. The topological polar surface area (TPSA) is 46.4 Å². The highest BCUT2D eigenvalue weighted by atomic mass is 19.3. The largest absolute Gasteiger partial charge is 0.349 e. The summed E-state index contributed by atoms with van der Waals surface area (Å²) in [4.78, 5) is 16.2. The van der Waals surface area contributed by atoms with E-state index < -0.39 is 6.43 Å². The fourth-order valence-electron chi connectivity index (χ4n) is 2.55. The number of nitrogens with one attached hydrogen (secondary N) is 1. The Labute approximate surface area is 121 Å². The minimum absolute atomic E-state index is 0.104. The first-order valence-corrected chi connectivity index (χ1v) is 7.05. The number of carbonyl (C=O) groups is 1. The van der Waals surface area contributed by atoms with E-state index in [4.69, 9.17) is 0 Å². The number of hydrogen-bond acceptors (Lipinski definition) is 2. The maximum Gasteiger partial charge on any atom is 0.280 e. The molecule has 1 amide bonds. The van der Waals surface area contributed by atoms with Crippen molar-refractivity contribution in [2.75, 3.05) is 0 Å². The molecule has 1 aliphatic rings. The van der Waals surface area contributed by atoms with Crippen molar-refractivity contribution in [3.05, 3.63) is 35.3 Å². The van der Waals surface area contributed by atoms with Crippen molar-refractivity contribution < 1.29 is 13.6 Å². The Morgan fingerprint density at radius 3 is 2.81 bits per heavy atom. The molecule has 1 aliphatic carbocycles. The molecule has 1 atom stereocenters. The predicted octanol–water partition coefficient (Wildman–Crippen LogP) is 3.11. The summed E-state index contributed by atoms with van der Waals surface area (Å²) < 4.78 is 27.4. The van der Waals surface area contributed by atoms with Gasteiger partial charge >= 0.3 is 0 Å². The normalized spacial score (nSPS) is 16.4. The molecule has 1 fully saturated rings. The van der Waals surface area contributed by atoms with E-state index in [2.05, 4.69) is 10.3 Å². The standard InChI is InChI=1S/C15H17F2N3O/c1-8-7-12(13(16)17)19-14-11(5-6-20(8)14)15(21)18-9(2)10-3-4-10/h5-7,9-10,13H,3-4H2,1-2H3,(H,18,21)/t9-/m0/s1. The number of alkyl halides is 2. The second-order valence-electron chi connectivity index (χ2n) is 5.65. The van der Waals surface area contributed by atoms with Gasteiger partial charge in [0, 0.05) is 17.9 Å². The summed E-state index contributed by atoms with van der Waals surface area (Å²) in [6.07, 6.45) is 1.30. The number of fused-ring (bicyclic) bond motifs is 1. The van der Waals surface area contributed by atoms with Gasteiger partial charge in [-0.1, -0.05) is 0 Å². The molecule has 2 heterocycles. The molecule has 0 bridgehead atoms. The zero-order chi connectivity index (χ0) is 15.1. The lowest BCUT2D eigenvalue weighted by atomic mass is 10.2. The SMILES string of the molecule is Cc1cc(C(F)F)nc2c(C(=O)N[C@@H](C)C3CC3)ccn12. The fourth-order valence-corrected chi connectivity index (χ4v) is 2.55. The second kappa shape index (κ2) is 5.09. The van der Waals surface area contributed by atoms with Gasteiger partial charge in [0.1, 0.15) is 11.3 Å². The molecule has 0 spiro atoms. The van der Waals surface area contributed by atoms with E-state index >= 15 is 0 Å². The van der Waals surface area contributed by atoms with Gasteiger partial charge in [-0.3, -0.25) is 4.79 Å². The van der Waals surface area contributed by atoms with Crippen molar-refractivity contribution in [3.63, 3.8) is 0 Å². The van der Waals surface area contributed by atoms with Crippen molar-refractivity contribution in [3.8, 4) is 0 Å². The summed E-state index contributed by atoms with van der Waals surface area (Å²) in [6, 6.07) is 3.07. The lowest BCUT2D eigenvalue weighted by molar-refractivity contribution is 0.0937. The Hall–Kier alpha value is -1.98. The van der Waals surface area contributed by atoms with Crippen LogP contribution < -0.4 is 5.32 Å². The summed E-state index contributed by atoms with van der Waals surface area (Å²) in [5.74, 6) is 0.282. The van der Waals surface area contributed by atoms with Crippen LogP contribution in [0.3, 0.4) is 0 Å². The minimum atomic E-state index is -2.65. The molecule has 1 saturated carbocycles. The summed E-state index contributed by atoms with van der Waals surface area (Å²) in [7, 11) is 0. The fraction of sp³-hybridized carbons (Fsp3) is 0.467. The highest BCUT2D eigenvalue weighted by Gasteiger charge is 2.29. The van der Waals surface area contributed by atoms with Gasteiger partial charge < -0.3 is 9.72 Å². The van der Waals surface area contributed by atoms with Gasteiger partial charge in [0.2, 0.25) is 0 Å². The molecule has 6 heteroatoms. The van der Waals surface area contributed by atoms with E-state index in [0.29, 0.717) is 17.2 Å². The lowest BCUT2D eigenvalue weighted by Gasteiger charge is -2.12. The molecule has 4 nitrogen and oxygen atoms in total. The van der Waals surface area contributed by atoms with E-state index in [0.717, 1.165) is 12.8 Å². The molecule has 2 aromatic rings. The van der Waals surface area contributed by atoms with Crippen molar-refractivity contribution >= 4 is 11.6 Å². The Bertz CT molecular complexity index is 692. The predicted molar refractivity (Wildman–Crippen MR) is 74.5 cm³/mol. The highest BCUT2D eigenvalue weighted by Crippen LogP contribution is 2.32. The number of amides is 1. The van der Waals surface area contributed by atoms with Crippen molar-refractivity contribution in [1.82, 2.24) is 14.7 Å². The van der Waals surface area contributed by atoms with Gasteiger partial charge in [0.15, 0.2) is 0 Å². The first kappa shape index (κ1) is 14.0. The average molecular weight is 293 g/mol. The van der Waals surface area contributed by atoms with Crippen LogP contribution in [0.15, 0.2) is 18.3 Å². The van der Waals surface area contributed by atoms with Gasteiger partial charge in [-0.2, -0.15) is 0 Å². The molecule has 0 unspecified atom stereocenters. The van der Waals surface area contributed by atoms with Crippen LogP contribution in [0, 0.1) is 12.8 Å². The minimum Gasteiger partial charge on any atom is -0.349 e. The highest BCUT2D eigenvalue weighted by molar-refractivity contribution is 6.00. The summed E-state index contributed by atoms with van der Waals surface area (Å²) in [5.41, 5.74) is 0.950. The third-order valence-corrected chi connectivity index (χ3v) is 3.99. The van der Waals surface area contributed by atoms with Crippen LogP contribution in [0.5, 0.6) is 0 Å². The maximum atomic E-state index is 12.9. The lowest BCUT2D eigenvalue weighted by Crippen LogP contribution is -2.34. The molecular formula is C15H17F2N3O. The van der Waals surface area contributed by atoms with E-state index in [9.17, 15) is 13.6 Å². The zero-order valence-electron chi connectivity index (χ0n) is 11.9. The summed E-state index contributed by atoms with van der Waals surface area (Å²) in [5, 5.41) is 2.92. The van der Waals surface area contributed by atoms with Crippen molar-refractivity contribution in [2.24, 2.45) is 5.92 Å². The number of nitrogens with zero attached hydrogens (tertiary/aromatic N) is 2. The van der Waals surface area contributed by atoms with Gasteiger partial charge in [-0.05, 0) is 44.7 Å². The van der Waals surface area contributed by atoms with Crippen LogP contribution in [0.2, 0.25) is 0 Å². The number of hydrogen-bond donors (Lipinski definition) is 1. The molecule has 1 N–H and O–H groups in total. The quantitative estimate of drug-likeness (QED) is 0.941. The van der Waals surface area contributed by atoms with Crippen LogP contribution in [-0.4, -0.2) is 21.3 Å². The number of rotatable bonds is 4. The van der Waals surface area contributed by atoms with E-state index in [1.165, 1.54) is 6.07 Å². The smallest absolute Gasteiger partial charge is 0.280 e. The maximum absolute atomic E-state index is 12.9. The van der Waals surface area contributed by atoms with E-state index in [1.807, 2.05) is 6.92 Å². The van der Waals surface area contributed by atoms with Gasteiger partial charge in [-0.15, -0.1) is 0 Å². The van der Waals surface area contributed by atoms with E-state index in [1.54, 1.807) is 23.6 Å². The van der Waals surface area contributed by atoms with Crippen LogP contribution in [0.25, 0.3) is 5.65 Å². The van der Waals surface area contributed by atoms with Gasteiger partial charge in [0.25, 0.3) is 12.3 Å². The van der Waals surface area contributed by atoms with Crippen LogP contribution >= 0.6 is 0 Å². The molecule has 0 aliphatic heterocycles. The van der Waals surface area contributed by atoms with Gasteiger partial charge in [0.05, 0.1) is 5.56 Å². The molecule has 0 saturated heterocycles. The molecule has 2 aromatic heterocycles. The zero-order valence-corrected chi connectivity index (χ0v) is 11.9. The Balaban J connectivity index is 1.96. The van der Waals surface area contributed by atoms with Crippen molar-refractivity contribution in [1.29, 1.82) is 0 Å². The van der Waals surface area contributed by atoms with E-state index in [-0.39, 0.29) is 23.3 Å². The molecule has 0 radical (unpaired) electrons. The Morgan fingerprint density at radius 2 is 2.19 bits per heavy atom. The van der Waals surface area contributed by atoms with Crippen molar-refractivity contribution in [2.45, 2.75) is 39.2 Å². The second-order valence-corrected chi connectivity index (χ2v) is 5.65. The third-order valence-electron chi connectivity index (χ3n) is 3.99. The molecule has 3 rings (SSSR count). The summed E-state index contributed by atoms with van der Waals surface area (Å²) >= 11 is 0. The van der Waals surface area contributed by atoms with Gasteiger partial charge in [-0.25, -0.2) is 13.8 Å². The van der Waals surface area contributed by atoms with Crippen LogP contribution in [-0.2, 0) is 0 Å². The number of halogens is 2. The number of aromatic nitrogens is 2. The molecule has 21 heavy (non-hydrogen) atoms. The molecule has 112 valence electrons. The summed E-state index contributed by atoms with van der Waals surface area (Å²) in [6.45, 7) is 3.69. The molecular weight excluding hydrogens is 276 g/mol. The third kappa shape index (κ3) is 2.62. The average Bonchev–Trinajstić information content (AvgIpc) is 3.18. The monoisotopic (exact) mass is 293 g/mol.